The minimum Gasteiger partial charge on any atom is -0.356 e. The predicted molar refractivity (Wildman–Crippen MR) is 81.4 cm³/mol. The largest absolute Gasteiger partial charge is 0.356 e. The average Bonchev–Trinajstić information content (AvgIpc) is 3.01. The van der Waals surface area contributed by atoms with E-state index in [2.05, 4.69) is 39.9 Å². The Hall–Kier alpha value is -1.98. The normalized spacial score (nSPS) is 16.7. The topological polar surface area (TPSA) is 59.7 Å². The number of aryl methyl sites for hydroxylation is 1. The smallest absolute Gasteiger partial charge is 0.137 e. The van der Waals surface area contributed by atoms with E-state index in [9.17, 15) is 0 Å². The highest BCUT2D eigenvalue weighted by molar-refractivity contribution is 5.40. The number of nitrogens with zero attached hydrogens (tertiary/aromatic N) is 6. The molecule has 0 bridgehead atoms. The molecule has 6 heteroatoms. The number of hydrogen-bond donors (Lipinski definition) is 0. The predicted octanol–water partition coefficient (Wildman–Crippen LogP) is 2.34. The van der Waals surface area contributed by atoms with Crippen LogP contribution in [0.5, 0.6) is 0 Å². The molecule has 0 unspecified atom stereocenters. The van der Waals surface area contributed by atoms with Crippen LogP contribution in [0.15, 0.2) is 18.7 Å². The van der Waals surface area contributed by atoms with Crippen LogP contribution in [0.3, 0.4) is 0 Å². The molecular formula is C15H22N6. The van der Waals surface area contributed by atoms with E-state index in [1.54, 1.807) is 6.33 Å². The third-order valence-electron chi connectivity index (χ3n) is 3.97. The highest BCUT2D eigenvalue weighted by Crippen LogP contribution is 2.25. The summed E-state index contributed by atoms with van der Waals surface area (Å²) in [5.74, 6) is 2.35. The summed E-state index contributed by atoms with van der Waals surface area (Å²) >= 11 is 0. The van der Waals surface area contributed by atoms with Crippen molar-refractivity contribution in [2.24, 2.45) is 0 Å². The Bertz CT molecular complexity index is 584. The lowest BCUT2D eigenvalue weighted by Gasteiger charge is -2.33. The molecule has 3 heterocycles. The van der Waals surface area contributed by atoms with Gasteiger partial charge in [-0.2, -0.15) is 5.10 Å². The Morgan fingerprint density at radius 2 is 1.95 bits per heavy atom. The molecule has 1 saturated heterocycles. The van der Waals surface area contributed by atoms with Gasteiger partial charge < -0.3 is 4.90 Å². The van der Waals surface area contributed by atoms with E-state index in [-0.39, 0.29) is 0 Å². The lowest BCUT2D eigenvalue weighted by atomic mass is 10.1. The fourth-order valence-corrected chi connectivity index (χ4v) is 2.76. The summed E-state index contributed by atoms with van der Waals surface area (Å²) in [5, 5.41) is 4.25. The van der Waals surface area contributed by atoms with E-state index < -0.39 is 0 Å². The maximum atomic E-state index is 4.72. The van der Waals surface area contributed by atoms with Crippen molar-refractivity contribution in [3.63, 3.8) is 0 Å². The van der Waals surface area contributed by atoms with Crippen molar-refractivity contribution < 1.29 is 0 Å². The highest BCUT2D eigenvalue weighted by atomic mass is 15.3. The van der Waals surface area contributed by atoms with E-state index in [0.29, 0.717) is 12.0 Å². The third kappa shape index (κ3) is 3.04. The molecule has 0 radical (unpaired) electrons. The van der Waals surface area contributed by atoms with Gasteiger partial charge in [-0.15, -0.1) is 0 Å². The van der Waals surface area contributed by atoms with Crippen molar-refractivity contribution in [2.45, 2.75) is 45.6 Å². The van der Waals surface area contributed by atoms with Crippen molar-refractivity contribution in [3.05, 3.63) is 30.2 Å². The van der Waals surface area contributed by atoms with E-state index in [4.69, 9.17) is 4.98 Å². The summed E-state index contributed by atoms with van der Waals surface area (Å²) in [5.41, 5.74) is 1.04. The third-order valence-corrected chi connectivity index (χ3v) is 3.97. The molecule has 2 aromatic heterocycles. The molecule has 2 aromatic rings. The molecule has 112 valence electrons. The van der Waals surface area contributed by atoms with Gasteiger partial charge in [0.15, 0.2) is 0 Å². The van der Waals surface area contributed by atoms with Crippen LogP contribution in [0, 0.1) is 6.92 Å². The maximum Gasteiger partial charge on any atom is 0.137 e. The van der Waals surface area contributed by atoms with Crippen LogP contribution in [0.1, 0.15) is 50.2 Å². The molecule has 21 heavy (non-hydrogen) atoms. The molecule has 0 amide bonds. The average molecular weight is 286 g/mol. The fraction of sp³-hybridized carbons (Fsp3) is 0.600. The van der Waals surface area contributed by atoms with Crippen molar-refractivity contribution in [2.75, 3.05) is 18.0 Å². The number of anilines is 1. The van der Waals surface area contributed by atoms with Crippen LogP contribution >= 0.6 is 0 Å². The Morgan fingerprint density at radius 3 is 2.57 bits per heavy atom. The van der Waals surface area contributed by atoms with Crippen molar-refractivity contribution in [1.82, 2.24) is 24.7 Å². The molecule has 1 aliphatic heterocycles. The first-order valence-corrected chi connectivity index (χ1v) is 7.58. The van der Waals surface area contributed by atoms with E-state index in [0.717, 1.165) is 43.3 Å². The summed E-state index contributed by atoms with van der Waals surface area (Å²) in [6.07, 6.45) is 5.56. The van der Waals surface area contributed by atoms with Gasteiger partial charge in [-0.3, -0.25) is 0 Å². The molecule has 0 saturated carbocycles. The molecule has 0 spiro atoms. The molecule has 3 rings (SSSR count). The van der Waals surface area contributed by atoms with Gasteiger partial charge in [-0.1, -0.05) is 13.8 Å². The number of rotatable bonds is 3. The van der Waals surface area contributed by atoms with Crippen LogP contribution in [0.2, 0.25) is 0 Å². The number of piperidine rings is 1. The highest BCUT2D eigenvalue weighted by Gasteiger charge is 2.22. The van der Waals surface area contributed by atoms with Crippen molar-refractivity contribution in [1.29, 1.82) is 0 Å². The molecular weight excluding hydrogens is 264 g/mol. The Labute approximate surface area is 125 Å². The molecule has 0 aliphatic carbocycles. The summed E-state index contributed by atoms with van der Waals surface area (Å²) in [6, 6.07) is 2.54. The van der Waals surface area contributed by atoms with E-state index in [1.165, 1.54) is 0 Å². The second kappa shape index (κ2) is 5.79. The van der Waals surface area contributed by atoms with Crippen LogP contribution in [-0.2, 0) is 0 Å². The zero-order chi connectivity index (χ0) is 14.8. The van der Waals surface area contributed by atoms with Crippen LogP contribution < -0.4 is 4.90 Å². The molecule has 1 fully saturated rings. The van der Waals surface area contributed by atoms with E-state index >= 15 is 0 Å². The second-order valence-electron chi connectivity index (χ2n) is 5.97. The molecule has 0 N–H and O–H groups in total. The fourth-order valence-electron chi connectivity index (χ4n) is 2.76. The van der Waals surface area contributed by atoms with Gasteiger partial charge in [0.1, 0.15) is 24.3 Å². The van der Waals surface area contributed by atoms with Crippen molar-refractivity contribution in [3.8, 4) is 0 Å². The van der Waals surface area contributed by atoms with Gasteiger partial charge >= 0.3 is 0 Å². The summed E-state index contributed by atoms with van der Waals surface area (Å²) in [4.78, 5) is 15.6. The zero-order valence-electron chi connectivity index (χ0n) is 12.9. The molecule has 0 atom stereocenters. The lowest BCUT2D eigenvalue weighted by molar-refractivity contribution is 0.365. The molecule has 1 aliphatic rings. The minimum atomic E-state index is 0.358. The first kappa shape index (κ1) is 14.0. The number of hydrogen-bond acceptors (Lipinski definition) is 5. The molecule has 0 aromatic carbocycles. The second-order valence-corrected chi connectivity index (χ2v) is 5.97. The SMILES string of the molecule is Cc1cc(N2CCC(n3cncn3)CC2)nc(C(C)C)n1. The van der Waals surface area contributed by atoms with Gasteiger partial charge in [-0.25, -0.2) is 19.6 Å². The maximum absolute atomic E-state index is 4.72. The Morgan fingerprint density at radius 1 is 1.19 bits per heavy atom. The summed E-state index contributed by atoms with van der Waals surface area (Å²) in [6.45, 7) is 8.31. The first-order chi connectivity index (χ1) is 10.1. The molecule has 6 nitrogen and oxygen atoms in total. The van der Waals surface area contributed by atoms with Gasteiger partial charge in [0.2, 0.25) is 0 Å². The Kier molecular flexibility index (Phi) is 3.86. The van der Waals surface area contributed by atoms with E-state index in [1.807, 2.05) is 17.9 Å². The summed E-state index contributed by atoms with van der Waals surface area (Å²) < 4.78 is 1.97. The minimum absolute atomic E-state index is 0.358. The summed E-state index contributed by atoms with van der Waals surface area (Å²) in [7, 11) is 0. The van der Waals surface area contributed by atoms with Crippen LogP contribution in [0.4, 0.5) is 5.82 Å². The van der Waals surface area contributed by atoms with Crippen molar-refractivity contribution >= 4 is 5.82 Å². The first-order valence-electron chi connectivity index (χ1n) is 7.58. The quantitative estimate of drug-likeness (QED) is 0.866. The number of aromatic nitrogens is 5. The van der Waals surface area contributed by atoms with Crippen LogP contribution in [-0.4, -0.2) is 37.8 Å². The van der Waals surface area contributed by atoms with Gasteiger partial charge in [-0.05, 0) is 19.8 Å². The van der Waals surface area contributed by atoms with Gasteiger partial charge in [0.05, 0.1) is 6.04 Å². The standard InChI is InChI=1S/C15H22N6/c1-11(2)15-18-12(3)8-14(19-15)20-6-4-13(5-7-20)21-10-16-9-17-21/h8-11,13H,4-7H2,1-3H3. The van der Waals surface area contributed by atoms with Gasteiger partial charge in [0, 0.05) is 30.8 Å². The zero-order valence-corrected chi connectivity index (χ0v) is 12.9. The Balaban J connectivity index is 1.72. The van der Waals surface area contributed by atoms with Crippen LogP contribution in [0.25, 0.3) is 0 Å². The lowest BCUT2D eigenvalue weighted by Crippen LogP contribution is -2.35. The monoisotopic (exact) mass is 286 g/mol. The van der Waals surface area contributed by atoms with Gasteiger partial charge in [0.25, 0.3) is 0 Å².